The van der Waals surface area contributed by atoms with Gasteiger partial charge in [0.2, 0.25) is 0 Å². The lowest BCUT2D eigenvalue weighted by atomic mass is 10.2. The molecule has 0 aromatic carbocycles. The SMILES string of the molecule is CC(O)C(N)C(=O)OCCc1cccs1. The summed E-state index contributed by atoms with van der Waals surface area (Å²) in [5.41, 5.74) is 5.40. The van der Waals surface area contributed by atoms with Gasteiger partial charge in [-0.25, -0.2) is 0 Å². The number of aliphatic hydroxyl groups is 1. The van der Waals surface area contributed by atoms with Gasteiger partial charge in [-0.1, -0.05) is 6.07 Å². The average Bonchev–Trinajstić information content (AvgIpc) is 2.69. The van der Waals surface area contributed by atoms with Crippen molar-refractivity contribution in [1.29, 1.82) is 0 Å². The molecule has 1 rings (SSSR count). The summed E-state index contributed by atoms with van der Waals surface area (Å²) in [4.78, 5) is 12.4. The van der Waals surface area contributed by atoms with Gasteiger partial charge in [-0.3, -0.25) is 4.79 Å². The highest BCUT2D eigenvalue weighted by Gasteiger charge is 2.19. The number of thiophene rings is 1. The molecule has 84 valence electrons. The third-order valence-electron chi connectivity index (χ3n) is 1.96. The molecule has 15 heavy (non-hydrogen) atoms. The molecule has 2 unspecified atom stereocenters. The third-order valence-corrected chi connectivity index (χ3v) is 2.90. The van der Waals surface area contributed by atoms with Gasteiger partial charge in [0.1, 0.15) is 6.04 Å². The Morgan fingerprint density at radius 1 is 1.73 bits per heavy atom. The Bertz CT molecular complexity index is 298. The minimum Gasteiger partial charge on any atom is -0.464 e. The number of aliphatic hydroxyl groups excluding tert-OH is 1. The smallest absolute Gasteiger partial charge is 0.325 e. The molecule has 0 saturated carbocycles. The lowest BCUT2D eigenvalue weighted by Crippen LogP contribution is -2.41. The second kappa shape index (κ2) is 5.85. The summed E-state index contributed by atoms with van der Waals surface area (Å²) in [6, 6.07) is 2.98. The van der Waals surface area contributed by atoms with Gasteiger partial charge in [-0.2, -0.15) is 0 Å². The summed E-state index contributed by atoms with van der Waals surface area (Å²) in [5.74, 6) is -0.554. The van der Waals surface area contributed by atoms with E-state index in [9.17, 15) is 4.79 Å². The number of carbonyl (C=O) groups excluding carboxylic acids is 1. The number of carbonyl (C=O) groups is 1. The van der Waals surface area contributed by atoms with Crippen LogP contribution in [0.4, 0.5) is 0 Å². The molecule has 0 spiro atoms. The first-order valence-corrected chi connectivity index (χ1v) is 5.62. The van der Waals surface area contributed by atoms with Crippen LogP contribution in [0.5, 0.6) is 0 Å². The number of hydrogen-bond donors (Lipinski definition) is 2. The first-order chi connectivity index (χ1) is 7.11. The van der Waals surface area contributed by atoms with Crippen molar-refractivity contribution in [2.75, 3.05) is 6.61 Å². The van der Waals surface area contributed by atoms with Gasteiger partial charge in [0.15, 0.2) is 0 Å². The van der Waals surface area contributed by atoms with E-state index in [1.807, 2.05) is 17.5 Å². The van der Waals surface area contributed by atoms with Gasteiger partial charge >= 0.3 is 5.97 Å². The molecule has 0 aliphatic heterocycles. The summed E-state index contributed by atoms with van der Waals surface area (Å²) in [7, 11) is 0. The third kappa shape index (κ3) is 3.99. The Labute approximate surface area is 92.7 Å². The van der Waals surface area contributed by atoms with Crippen LogP contribution in [0.15, 0.2) is 17.5 Å². The molecule has 1 aromatic heterocycles. The molecule has 3 N–H and O–H groups in total. The highest BCUT2D eigenvalue weighted by atomic mass is 32.1. The van der Waals surface area contributed by atoms with E-state index in [2.05, 4.69) is 0 Å². The van der Waals surface area contributed by atoms with Crippen LogP contribution in [0.25, 0.3) is 0 Å². The normalized spacial score (nSPS) is 14.6. The minimum absolute atomic E-state index is 0.305. The first kappa shape index (κ1) is 12.2. The van der Waals surface area contributed by atoms with Crippen LogP contribution in [-0.2, 0) is 16.0 Å². The maximum Gasteiger partial charge on any atom is 0.325 e. The van der Waals surface area contributed by atoms with Gasteiger partial charge < -0.3 is 15.6 Å². The molecule has 1 aromatic rings. The number of rotatable bonds is 5. The van der Waals surface area contributed by atoms with Crippen molar-refractivity contribution in [2.24, 2.45) is 5.73 Å². The van der Waals surface area contributed by atoms with E-state index in [-0.39, 0.29) is 0 Å². The van der Waals surface area contributed by atoms with Crippen LogP contribution < -0.4 is 5.73 Å². The van der Waals surface area contributed by atoms with Crippen LogP contribution in [0.3, 0.4) is 0 Å². The van der Waals surface area contributed by atoms with E-state index in [0.717, 1.165) is 4.88 Å². The molecular formula is C10H15NO3S. The minimum atomic E-state index is -0.951. The molecular weight excluding hydrogens is 214 g/mol. The summed E-state index contributed by atoms with van der Waals surface area (Å²) < 4.78 is 4.92. The number of hydrogen-bond acceptors (Lipinski definition) is 5. The van der Waals surface area contributed by atoms with E-state index in [4.69, 9.17) is 15.6 Å². The molecule has 0 bridgehead atoms. The average molecular weight is 229 g/mol. The van der Waals surface area contributed by atoms with Crippen molar-refractivity contribution in [2.45, 2.75) is 25.5 Å². The molecule has 0 aliphatic rings. The molecule has 0 radical (unpaired) electrons. The van der Waals surface area contributed by atoms with Crippen molar-refractivity contribution >= 4 is 17.3 Å². The summed E-state index contributed by atoms with van der Waals surface area (Å²) in [5, 5.41) is 11.0. The molecule has 4 nitrogen and oxygen atoms in total. The van der Waals surface area contributed by atoms with E-state index in [0.29, 0.717) is 13.0 Å². The van der Waals surface area contributed by atoms with Crippen molar-refractivity contribution < 1.29 is 14.6 Å². The van der Waals surface area contributed by atoms with E-state index in [1.54, 1.807) is 11.3 Å². The number of esters is 1. The van der Waals surface area contributed by atoms with Gasteiger partial charge in [0.05, 0.1) is 12.7 Å². The number of ether oxygens (including phenoxy) is 1. The second-order valence-corrected chi connectivity index (χ2v) is 4.30. The van der Waals surface area contributed by atoms with Crippen LogP contribution in [0, 0.1) is 0 Å². The van der Waals surface area contributed by atoms with Gasteiger partial charge in [0.25, 0.3) is 0 Å². The van der Waals surface area contributed by atoms with Crippen molar-refractivity contribution in [3.63, 3.8) is 0 Å². The maximum atomic E-state index is 11.2. The Morgan fingerprint density at radius 3 is 3.00 bits per heavy atom. The Morgan fingerprint density at radius 2 is 2.47 bits per heavy atom. The van der Waals surface area contributed by atoms with Crippen LogP contribution in [-0.4, -0.2) is 29.8 Å². The Balaban J connectivity index is 2.23. The van der Waals surface area contributed by atoms with E-state index < -0.39 is 18.1 Å². The fourth-order valence-electron chi connectivity index (χ4n) is 1.00. The molecule has 1 heterocycles. The van der Waals surface area contributed by atoms with E-state index in [1.165, 1.54) is 6.92 Å². The first-order valence-electron chi connectivity index (χ1n) is 4.74. The fourth-order valence-corrected chi connectivity index (χ4v) is 1.69. The van der Waals surface area contributed by atoms with E-state index >= 15 is 0 Å². The monoisotopic (exact) mass is 229 g/mol. The summed E-state index contributed by atoms with van der Waals surface area (Å²) >= 11 is 1.62. The summed E-state index contributed by atoms with van der Waals surface area (Å²) in [6.07, 6.45) is -0.185. The summed E-state index contributed by atoms with van der Waals surface area (Å²) in [6.45, 7) is 1.77. The zero-order chi connectivity index (χ0) is 11.3. The van der Waals surface area contributed by atoms with Gasteiger partial charge in [0, 0.05) is 11.3 Å². The predicted octanol–water partition coefficient (Wildman–Crippen LogP) is 0.542. The number of nitrogens with two attached hydrogens (primary N) is 1. The van der Waals surface area contributed by atoms with Crippen LogP contribution >= 0.6 is 11.3 Å². The van der Waals surface area contributed by atoms with Crippen molar-refractivity contribution in [1.82, 2.24) is 0 Å². The van der Waals surface area contributed by atoms with Gasteiger partial charge in [-0.15, -0.1) is 11.3 Å². The molecule has 0 saturated heterocycles. The zero-order valence-corrected chi connectivity index (χ0v) is 9.37. The van der Waals surface area contributed by atoms with Crippen molar-refractivity contribution in [3.05, 3.63) is 22.4 Å². The van der Waals surface area contributed by atoms with Crippen molar-refractivity contribution in [3.8, 4) is 0 Å². The predicted molar refractivity (Wildman–Crippen MR) is 58.6 cm³/mol. The lowest BCUT2D eigenvalue weighted by Gasteiger charge is -2.13. The fraction of sp³-hybridized carbons (Fsp3) is 0.500. The lowest BCUT2D eigenvalue weighted by molar-refractivity contribution is -0.147. The molecule has 0 amide bonds. The zero-order valence-electron chi connectivity index (χ0n) is 8.55. The maximum absolute atomic E-state index is 11.2. The highest BCUT2D eigenvalue weighted by Crippen LogP contribution is 2.09. The largest absolute Gasteiger partial charge is 0.464 e. The molecule has 0 fully saturated rings. The van der Waals surface area contributed by atoms with Crippen LogP contribution in [0.1, 0.15) is 11.8 Å². The molecule has 2 atom stereocenters. The Hall–Kier alpha value is -0.910. The molecule has 0 aliphatic carbocycles. The second-order valence-electron chi connectivity index (χ2n) is 3.26. The van der Waals surface area contributed by atoms with Crippen LogP contribution in [0.2, 0.25) is 0 Å². The Kier molecular flexibility index (Phi) is 4.74. The highest BCUT2D eigenvalue weighted by molar-refractivity contribution is 7.09. The molecule has 5 heteroatoms. The van der Waals surface area contributed by atoms with Gasteiger partial charge in [-0.05, 0) is 18.4 Å². The quantitative estimate of drug-likeness (QED) is 0.723. The standard InChI is InChI=1S/C10H15NO3S/c1-7(12)9(11)10(13)14-5-4-8-3-2-6-15-8/h2-3,6-7,9,12H,4-5,11H2,1H3. The topological polar surface area (TPSA) is 72.5 Å².